The van der Waals surface area contributed by atoms with Gasteiger partial charge >= 0.3 is 0 Å². The van der Waals surface area contributed by atoms with E-state index in [1.165, 1.54) is 11.1 Å². The highest BCUT2D eigenvalue weighted by Gasteiger charge is 2.28. The number of rotatable bonds is 8. The number of hydrogen-bond donors (Lipinski definition) is 3. The normalized spacial score (nSPS) is 22.7. The van der Waals surface area contributed by atoms with Gasteiger partial charge in [-0.05, 0) is 48.8 Å². The summed E-state index contributed by atoms with van der Waals surface area (Å²) in [4.78, 5) is 25.4. The van der Waals surface area contributed by atoms with Crippen LogP contribution in [0.5, 0.6) is 0 Å². The van der Waals surface area contributed by atoms with E-state index >= 15 is 0 Å². The van der Waals surface area contributed by atoms with E-state index in [1.54, 1.807) is 11.8 Å². The lowest BCUT2D eigenvalue weighted by atomic mass is 9.95. The number of fused-ring (bicyclic) bond motifs is 1. The highest BCUT2D eigenvalue weighted by atomic mass is 32.2. The first-order chi connectivity index (χ1) is 13.2. The molecule has 2 aliphatic heterocycles. The zero-order valence-electron chi connectivity index (χ0n) is 15.8. The van der Waals surface area contributed by atoms with Gasteiger partial charge in [0.05, 0.1) is 12.1 Å². The van der Waals surface area contributed by atoms with Crippen molar-refractivity contribution in [2.45, 2.75) is 50.4 Å². The highest BCUT2D eigenvalue weighted by Crippen LogP contribution is 2.16. The number of carbonyl (C=O) groups excluding carboxylic acids is 2. The van der Waals surface area contributed by atoms with Crippen molar-refractivity contribution in [1.29, 1.82) is 0 Å². The molecular formula is C20H29N3O3S. The molecule has 1 saturated heterocycles. The van der Waals surface area contributed by atoms with Crippen LogP contribution < -0.4 is 16.0 Å². The Kier molecular flexibility index (Phi) is 7.55. The molecule has 0 aliphatic carbocycles. The second-order valence-corrected chi connectivity index (χ2v) is 8.11. The van der Waals surface area contributed by atoms with Crippen LogP contribution in [0.3, 0.4) is 0 Å². The maximum absolute atomic E-state index is 12.8. The predicted octanol–water partition coefficient (Wildman–Crippen LogP) is 1.23. The van der Waals surface area contributed by atoms with Gasteiger partial charge in [0.15, 0.2) is 0 Å². The number of nitrogens with one attached hydrogen (secondary N) is 3. The molecule has 2 aliphatic rings. The Balaban J connectivity index is 1.54. The summed E-state index contributed by atoms with van der Waals surface area (Å²) in [6.45, 7) is 1.95. The molecule has 7 heteroatoms. The van der Waals surface area contributed by atoms with Gasteiger partial charge in [0.1, 0.15) is 6.04 Å². The largest absolute Gasteiger partial charge is 0.376 e. The van der Waals surface area contributed by atoms with E-state index in [0.29, 0.717) is 25.9 Å². The molecule has 2 amide bonds. The zero-order chi connectivity index (χ0) is 19.1. The topological polar surface area (TPSA) is 79.5 Å². The minimum absolute atomic E-state index is 0.0994. The van der Waals surface area contributed by atoms with Gasteiger partial charge in [-0.2, -0.15) is 11.8 Å². The molecule has 0 bridgehead atoms. The summed E-state index contributed by atoms with van der Waals surface area (Å²) in [7, 11) is 0. The van der Waals surface area contributed by atoms with Crippen molar-refractivity contribution in [2.24, 2.45) is 0 Å². The minimum atomic E-state index is -0.509. The fourth-order valence-electron chi connectivity index (χ4n) is 3.56. The number of hydrogen-bond acceptors (Lipinski definition) is 5. The van der Waals surface area contributed by atoms with Crippen LogP contribution in [-0.4, -0.2) is 55.2 Å². The fraction of sp³-hybridized carbons (Fsp3) is 0.600. The predicted molar refractivity (Wildman–Crippen MR) is 108 cm³/mol. The van der Waals surface area contributed by atoms with E-state index in [1.807, 2.05) is 18.4 Å². The lowest BCUT2D eigenvalue weighted by Gasteiger charge is -2.27. The summed E-state index contributed by atoms with van der Waals surface area (Å²) in [5.74, 6) is 0.589. The Hall–Kier alpha value is -1.57. The molecular weight excluding hydrogens is 362 g/mol. The number of amides is 2. The maximum Gasteiger partial charge on any atom is 0.242 e. The third kappa shape index (κ3) is 5.70. The summed E-state index contributed by atoms with van der Waals surface area (Å²) in [5, 5.41) is 9.19. The molecule has 3 atom stereocenters. The Morgan fingerprint density at radius 2 is 2.15 bits per heavy atom. The van der Waals surface area contributed by atoms with Crippen molar-refractivity contribution >= 4 is 23.6 Å². The number of thioether (sulfide) groups is 1. The average Bonchev–Trinajstić information content (AvgIpc) is 3.22. The van der Waals surface area contributed by atoms with E-state index in [0.717, 1.165) is 25.2 Å². The van der Waals surface area contributed by atoms with E-state index in [9.17, 15) is 9.59 Å². The molecule has 1 aromatic rings. The lowest BCUT2D eigenvalue weighted by molar-refractivity contribution is -0.130. The fourth-order valence-corrected chi connectivity index (χ4v) is 4.03. The average molecular weight is 392 g/mol. The van der Waals surface area contributed by atoms with E-state index in [2.05, 4.69) is 28.1 Å². The summed E-state index contributed by atoms with van der Waals surface area (Å²) >= 11 is 1.67. The molecule has 0 unspecified atom stereocenters. The molecule has 3 N–H and O–H groups in total. The number of ether oxygens (including phenoxy) is 1. The maximum atomic E-state index is 12.8. The summed E-state index contributed by atoms with van der Waals surface area (Å²) < 4.78 is 5.56. The molecule has 27 heavy (non-hydrogen) atoms. The quantitative estimate of drug-likeness (QED) is 0.621. The van der Waals surface area contributed by atoms with E-state index < -0.39 is 6.04 Å². The van der Waals surface area contributed by atoms with E-state index in [-0.39, 0.29) is 24.0 Å². The van der Waals surface area contributed by atoms with E-state index in [4.69, 9.17) is 4.74 Å². The minimum Gasteiger partial charge on any atom is -0.376 e. The molecule has 2 heterocycles. The van der Waals surface area contributed by atoms with Crippen LogP contribution >= 0.6 is 11.8 Å². The Bertz CT molecular complexity index is 649. The number of carbonyl (C=O) groups is 2. The lowest BCUT2D eigenvalue weighted by Crippen LogP contribution is -2.55. The summed E-state index contributed by atoms with van der Waals surface area (Å²) in [6.07, 6.45) is 5.39. The van der Waals surface area contributed by atoms with Crippen LogP contribution in [0.25, 0.3) is 0 Å². The van der Waals surface area contributed by atoms with Gasteiger partial charge in [-0.25, -0.2) is 0 Å². The smallest absolute Gasteiger partial charge is 0.242 e. The van der Waals surface area contributed by atoms with Crippen LogP contribution in [0.15, 0.2) is 24.3 Å². The van der Waals surface area contributed by atoms with Crippen molar-refractivity contribution in [3.63, 3.8) is 0 Å². The third-order valence-electron chi connectivity index (χ3n) is 5.17. The third-order valence-corrected chi connectivity index (χ3v) is 5.81. The second kappa shape index (κ2) is 10.1. The molecule has 0 aromatic heterocycles. The Morgan fingerprint density at radius 1 is 1.33 bits per heavy atom. The molecule has 0 radical (unpaired) electrons. The first-order valence-corrected chi connectivity index (χ1v) is 11.1. The van der Waals surface area contributed by atoms with Crippen LogP contribution in [0.4, 0.5) is 0 Å². The van der Waals surface area contributed by atoms with Gasteiger partial charge in [0.25, 0.3) is 0 Å². The van der Waals surface area contributed by atoms with Crippen LogP contribution in [-0.2, 0) is 27.3 Å². The Labute approximate surface area is 165 Å². The standard InChI is InChI=1S/C20H29N3O3S/c1-27-10-8-17(19(24)22-13-16-7-4-9-26-16)23-20(25)18-11-14-5-2-3-6-15(14)12-21-18/h2-3,5-6,16-18,21H,4,7-13H2,1H3,(H,22,24)(H,23,25)/t16-,17-,18+/m0/s1. The first-order valence-electron chi connectivity index (χ1n) is 9.66. The highest BCUT2D eigenvalue weighted by molar-refractivity contribution is 7.98. The van der Waals surface area contributed by atoms with Gasteiger partial charge in [-0.15, -0.1) is 0 Å². The zero-order valence-corrected chi connectivity index (χ0v) is 16.6. The van der Waals surface area contributed by atoms with Crippen molar-refractivity contribution in [3.05, 3.63) is 35.4 Å². The molecule has 1 aromatic carbocycles. The van der Waals surface area contributed by atoms with Crippen molar-refractivity contribution in [3.8, 4) is 0 Å². The first kappa shape index (κ1) is 20.2. The summed E-state index contributed by atoms with van der Waals surface area (Å²) in [5.41, 5.74) is 2.43. The van der Waals surface area contributed by atoms with Crippen molar-refractivity contribution in [1.82, 2.24) is 16.0 Å². The van der Waals surface area contributed by atoms with Gasteiger partial charge < -0.3 is 20.7 Å². The molecule has 3 rings (SSSR count). The van der Waals surface area contributed by atoms with Gasteiger partial charge in [0.2, 0.25) is 11.8 Å². The second-order valence-electron chi connectivity index (χ2n) is 7.13. The molecule has 0 spiro atoms. The van der Waals surface area contributed by atoms with Crippen LogP contribution in [0.2, 0.25) is 0 Å². The molecule has 148 valence electrons. The van der Waals surface area contributed by atoms with Crippen molar-refractivity contribution in [2.75, 3.05) is 25.2 Å². The van der Waals surface area contributed by atoms with Crippen LogP contribution in [0.1, 0.15) is 30.4 Å². The van der Waals surface area contributed by atoms with Gasteiger partial charge in [0, 0.05) is 19.7 Å². The number of benzene rings is 1. The molecule has 1 fully saturated rings. The van der Waals surface area contributed by atoms with Crippen molar-refractivity contribution < 1.29 is 14.3 Å². The summed E-state index contributed by atoms with van der Waals surface area (Å²) in [6, 6.07) is 7.34. The van der Waals surface area contributed by atoms with Crippen LogP contribution in [0, 0.1) is 0 Å². The molecule has 6 nitrogen and oxygen atoms in total. The Morgan fingerprint density at radius 3 is 2.89 bits per heavy atom. The SMILES string of the molecule is CSCC[C@H](NC(=O)[C@H]1Cc2ccccc2CN1)C(=O)NC[C@@H]1CCCO1. The van der Waals surface area contributed by atoms with Gasteiger partial charge in [-0.1, -0.05) is 24.3 Å². The van der Waals surface area contributed by atoms with Gasteiger partial charge in [-0.3, -0.25) is 9.59 Å². The molecule has 0 saturated carbocycles. The monoisotopic (exact) mass is 391 g/mol.